The zero-order chi connectivity index (χ0) is 13.7. The molecule has 0 fully saturated rings. The average Bonchev–Trinajstić information content (AvgIpc) is 2.44. The molecule has 0 aliphatic rings. The van der Waals surface area contributed by atoms with Gasteiger partial charge in [-0.05, 0) is 36.2 Å². The van der Waals surface area contributed by atoms with Crippen LogP contribution in [0.3, 0.4) is 0 Å². The number of nitrogens with two attached hydrogens (primary N) is 1. The van der Waals surface area contributed by atoms with E-state index in [1.54, 1.807) is 0 Å². The Morgan fingerprint density at radius 1 is 1.26 bits per heavy atom. The molecule has 4 nitrogen and oxygen atoms in total. The minimum atomic E-state index is -0.172. The van der Waals surface area contributed by atoms with Crippen LogP contribution in [0.5, 0.6) is 5.75 Å². The summed E-state index contributed by atoms with van der Waals surface area (Å²) in [5, 5.41) is 2.33. The first-order chi connectivity index (χ1) is 9.19. The summed E-state index contributed by atoms with van der Waals surface area (Å²) in [7, 11) is 0. The highest BCUT2D eigenvalue weighted by molar-refractivity contribution is 5.83. The fourth-order valence-corrected chi connectivity index (χ4v) is 1.94. The molecule has 1 amide bonds. The highest BCUT2D eigenvalue weighted by Crippen LogP contribution is 2.22. The minimum Gasteiger partial charge on any atom is -0.491 e. The maximum absolute atomic E-state index is 11.1. The Bertz CT molecular complexity index is 569. The summed E-state index contributed by atoms with van der Waals surface area (Å²) in [5.41, 5.74) is 2.11. The predicted octanol–water partition coefficient (Wildman–Crippen LogP) is 2.38. The molecule has 0 aliphatic carbocycles. The molecule has 2 rings (SSSR count). The van der Waals surface area contributed by atoms with Gasteiger partial charge in [0, 0.05) is 6.42 Å². The lowest BCUT2D eigenvalue weighted by molar-refractivity contribution is -0.121. The molecule has 0 aliphatic heterocycles. The number of carbonyl (C=O) groups is 1. The molecule has 0 bridgehead atoms. The molecule has 2 aromatic rings. The Kier molecular flexibility index (Phi) is 4.36. The second kappa shape index (κ2) is 6.20. The molecule has 0 spiro atoms. The van der Waals surface area contributed by atoms with Crippen molar-refractivity contribution in [2.24, 2.45) is 5.84 Å². The highest BCUT2D eigenvalue weighted by atomic mass is 16.5. The fraction of sp³-hybridized carbons (Fsp3) is 0.267. The van der Waals surface area contributed by atoms with Crippen LogP contribution in [0, 0.1) is 0 Å². The summed E-state index contributed by atoms with van der Waals surface area (Å²) < 4.78 is 5.80. The van der Waals surface area contributed by atoms with Crippen LogP contribution in [0.2, 0.25) is 0 Å². The Hall–Kier alpha value is -2.07. The van der Waals surface area contributed by atoms with E-state index in [1.807, 2.05) is 37.3 Å². The van der Waals surface area contributed by atoms with Crippen molar-refractivity contribution in [1.29, 1.82) is 0 Å². The van der Waals surface area contributed by atoms with Crippen molar-refractivity contribution in [3.63, 3.8) is 0 Å². The van der Waals surface area contributed by atoms with E-state index in [1.165, 1.54) is 5.39 Å². The van der Waals surface area contributed by atoms with E-state index >= 15 is 0 Å². The van der Waals surface area contributed by atoms with Crippen LogP contribution in [0.15, 0.2) is 42.5 Å². The molecule has 4 heteroatoms. The zero-order valence-electron chi connectivity index (χ0n) is 10.9. The van der Waals surface area contributed by atoms with Gasteiger partial charge in [-0.3, -0.25) is 10.2 Å². The number of nitrogens with one attached hydrogen (secondary N) is 1. The number of rotatable bonds is 5. The van der Waals surface area contributed by atoms with Crippen molar-refractivity contribution in [1.82, 2.24) is 5.43 Å². The van der Waals surface area contributed by atoms with Crippen LogP contribution in [0.1, 0.15) is 19.8 Å². The molecular weight excluding hydrogens is 240 g/mol. The van der Waals surface area contributed by atoms with E-state index in [-0.39, 0.29) is 12.0 Å². The number of ether oxygens (including phenoxy) is 1. The Balaban J connectivity index is 1.98. The Morgan fingerprint density at radius 2 is 2.00 bits per heavy atom. The summed E-state index contributed by atoms with van der Waals surface area (Å²) in [6.45, 7) is 1.94. The molecule has 0 aromatic heterocycles. The van der Waals surface area contributed by atoms with Crippen LogP contribution < -0.4 is 16.0 Å². The van der Waals surface area contributed by atoms with Crippen LogP contribution in [-0.4, -0.2) is 12.0 Å². The molecule has 3 N–H and O–H groups in total. The number of hydrogen-bond donors (Lipinski definition) is 2. The van der Waals surface area contributed by atoms with Gasteiger partial charge < -0.3 is 4.74 Å². The SMILES string of the molecule is CC(CCC(=O)NN)Oc1ccc2ccccc2c1. The molecule has 0 heterocycles. The lowest BCUT2D eigenvalue weighted by Gasteiger charge is -2.14. The third-order valence-corrected chi connectivity index (χ3v) is 3.00. The molecule has 0 saturated carbocycles. The van der Waals surface area contributed by atoms with Crippen LogP contribution >= 0.6 is 0 Å². The fourth-order valence-electron chi connectivity index (χ4n) is 1.94. The normalized spacial score (nSPS) is 12.1. The standard InChI is InChI=1S/C15H18N2O2/c1-11(6-9-15(18)17-16)19-14-8-7-12-4-2-3-5-13(12)10-14/h2-5,7-8,10-11H,6,9,16H2,1H3,(H,17,18). The van der Waals surface area contributed by atoms with Crippen LogP contribution in [0.4, 0.5) is 0 Å². The highest BCUT2D eigenvalue weighted by Gasteiger charge is 2.07. The Morgan fingerprint density at radius 3 is 2.74 bits per heavy atom. The summed E-state index contributed by atoms with van der Waals surface area (Å²) in [4.78, 5) is 11.1. The van der Waals surface area contributed by atoms with Crippen molar-refractivity contribution in [2.75, 3.05) is 0 Å². The van der Waals surface area contributed by atoms with E-state index in [0.29, 0.717) is 12.8 Å². The lowest BCUT2D eigenvalue weighted by atomic mass is 10.1. The van der Waals surface area contributed by atoms with Crippen LogP contribution in [0.25, 0.3) is 10.8 Å². The first kappa shape index (κ1) is 13.4. The zero-order valence-corrected chi connectivity index (χ0v) is 10.9. The summed E-state index contributed by atoms with van der Waals surface area (Å²) in [6.07, 6.45) is 0.972. The van der Waals surface area contributed by atoms with Crippen molar-refractivity contribution in [3.8, 4) is 5.75 Å². The number of hydrogen-bond acceptors (Lipinski definition) is 3. The van der Waals surface area contributed by atoms with Gasteiger partial charge in [0.2, 0.25) is 5.91 Å². The number of amides is 1. The van der Waals surface area contributed by atoms with Gasteiger partial charge in [0.05, 0.1) is 6.10 Å². The van der Waals surface area contributed by atoms with E-state index in [0.717, 1.165) is 11.1 Å². The van der Waals surface area contributed by atoms with Gasteiger partial charge in [0.1, 0.15) is 5.75 Å². The van der Waals surface area contributed by atoms with Crippen molar-refractivity contribution >= 4 is 16.7 Å². The summed E-state index contributed by atoms with van der Waals surface area (Å²) in [5.74, 6) is 5.68. The first-order valence-corrected chi connectivity index (χ1v) is 6.34. The first-order valence-electron chi connectivity index (χ1n) is 6.34. The summed E-state index contributed by atoms with van der Waals surface area (Å²) in [6, 6.07) is 14.1. The third-order valence-electron chi connectivity index (χ3n) is 3.00. The van der Waals surface area contributed by atoms with E-state index in [2.05, 4.69) is 17.6 Å². The van der Waals surface area contributed by atoms with Crippen LogP contribution in [-0.2, 0) is 4.79 Å². The number of hydrazine groups is 1. The average molecular weight is 258 g/mol. The van der Waals surface area contributed by atoms with Gasteiger partial charge in [-0.25, -0.2) is 5.84 Å². The van der Waals surface area contributed by atoms with E-state index < -0.39 is 0 Å². The lowest BCUT2D eigenvalue weighted by Crippen LogP contribution is -2.30. The molecule has 2 aromatic carbocycles. The second-order valence-electron chi connectivity index (χ2n) is 4.54. The molecule has 1 atom stereocenters. The van der Waals surface area contributed by atoms with Gasteiger partial charge in [0.25, 0.3) is 0 Å². The van der Waals surface area contributed by atoms with Gasteiger partial charge in [0.15, 0.2) is 0 Å². The quantitative estimate of drug-likeness (QED) is 0.491. The van der Waals surface area contributed by atoms with E-state index in [9.17, 15) is 4.79 Å². The molecule has 0 saturated heterocycles. The smallest absolute Gasteiger partial charge is 0.234 e. The number of fused-ring (bicyclic) bond motifs is 1. The minimum absolute atomic E-state index is 0.0292. The monoisotopic (exact) mass is 258 g/mol. The Labute approximate surface area is 112 Å². The van der Waals surface area contributed by atoms with Crippen molar-refractivity contribution < 1.29 is 9.53 Å². The maximum Gasteiger partial charge on any atom is 0.234 e. The van der Waals surface area contributed by atoms with Gasteiger partial charge in [-0.2, -0.15) is 0 Å². The van der Waals surface area contributed by atoms with Crippen molar-refractivity contribution in [3.05, 3.63) is 42.5 Å². The topological polar surface area (TPSA) is 64.4 Å². The molecule has 100 valence electrons. The summed E-state index contributed by atoms with van der Waals surface area (Å²) >= 11 is 0. The van der Waals surface area contributed by atoms with Gasteiger partial charge >= 0.3 is 0 Å². The molecule has 1 unspecified atom stereocenters. The number of carbonyl (C=O) groups excluding carboxylic acids is 1. The van der Waals surface area contributed by atoms with E-state index in [4.69, 9.17) is 10.6 Å². The number of benzene rings is 2. The predicted molar refractivity (Wildman–Crippen MR) is 75.6 cm³/mol. The maximum atomic E-state index is 11.1. The van der Waals surface area contributed by atoms with Gasteiger partial charge in [-0.1, -0.05) is 30.3 Å². The largest absolute Gasteiger partial charge is 0.491 e. The third kappa shape index (κ3) is 3.69. The molecule has 0 radical (unpaired) electrons. The molecular formula is C15H18N2O2. The molecule has 19 heavy (non-hydrogen) atoms. The van der Waals surface area contributed by atoms with Gasteiger partial charge in [-0.15, -0.1) is 0 Å². The second-order valence-corrected chi connectivity index (χ2v) is 4.54. The van der Waals surface area contributed by atoms with Crippen molar-refractivity contribution in [2.45, 2.75) is 25.9 Å².